The molecule has 2 aromatic rings. The molecular formula is C21H23F3N4O6. The van der Waals surface area contributed by atoms with E-state index in [2.05, 4.69) is 9.97 Å². The average Bonchev–Trinajstić information content (AvgIpc) is 3.22. The van der Waals surface area contributed by atoms with Crippen LogP contribution in [0.3, 0.4) is 0 Å². The van der Waals surface area contributed by atoms with Crippen molar-refractivity contribution < 1.29 is 42.1 Å². The lowest BCUT2D eigenvalue weighted by atomic mass is 10.0. The molecule has 1 aliphatic heterocycles. The molecule has 0 saturated carbocycles. The minimum Gasteiger partial charge on any atom is -0.475 e. The third-order valence-electron chi connectivity index (χ3n) is 4.46. The van der Waals surface area contributed by atoms with Crippen LogP contribution >= 0.6 is 0 Å². The van der Waals surface area contributed by atoms with Crippen molar-refractivity contribution in [1.29, 1.82) is 0 Å². The molecule has 1 aromatic heterocycles. The minimum absolute atomic E-state index is 0.0388. The number of nitrogens with two attached hydrogens (primary N) is 1. The van der Waals surface area contributed by atoms with Crippen LogP contribution < -0.4 is 10.5 Å². The Hall–Kier alpha value is -3.74. The number of cyclic esters (lactones) is 1. The van der Waals surface area contributed by atoms with Crippen LogP contribution in [0.2, 0.25) is 0 Å². The predicted octanol–water partition coefficient (Wildman–Crippen LogP) is 2.56. The molecule has 3 rings (SSSR count). The van der Waals surface area contributed by atoms with Gasteiger partial charge in [-0.3, -0.25) is 4.79 Å². The Labute approximate surface area is 192 Å². The zero-order chi connectivity index (χ0) is 25.1. The highest BCUT2D eigenvalue weighted by Crippen LogP contribution is 2.14. The van der Waals surface area contributed by atoms with Gasteiger partial charge in [-0.25, -0.2) is 19.6 Å². The molecule has 1 saturated heterocycles. The molecule has 0 radical (unpaired) electrons. The van der Waals surface area contributed by atoms with Crippen molar-refractivity contribution >= 4 is 17.8 Å². The van der Waals surface area contributed by atoms with Crippen molar-refractivity contribution in [3.8, 4) is 5.88 Å². The van der Waals surface area contributed by atoms with Crippen molar-refractivity contribution in [2.24, 2.45) is 5.73 Å². The second-order valence-electron chi connectivity index (χ2n) is 6.97. The van der Waals surface area contributed by atoms with E-state index in [9.17, 15) is 22.8 Å². The van der Waals surface area contributed by atoms with E-state index in [0.29, 0.717) is 62.8 Å². The quantitative estimate of drug-likeness (QED) is 0.513. The number of carbonyl (C=O) groups excluding carboxylic acids is 2. The van der Waals surface area contributed by atoms with Gasteiger partial charge in [0, 0.05) is 31.1 Å². The number of hydrogen-bond acceptors (Lipinski definition) is 8. The third-order valence-corrected chi connectivity index (χ3v) is 4.46. The zero-order valence-corrected chi connectivity index (χ0v) is 18.0. The number of Topliss-reactive ketones (excluding diaryl/α,β-unsaturated/α-hetero) is 1. The molecule has 1 amide bonds. The van der Waals surface area contributed by atoms with Gasteiger partial charge in [0.1, 0.15) is 19.5 Å². The fraction of sp³-hybridized carbons (Fsp3) is 0.381. The Balaban J connectivity index is 0.000000509. The lowest BCUT2D eigenvalue weighted by Crippen LogP contribution is -2.25. The number of halogens is 3. The van der Waals surface area contributed by atoms with Crippen LogP contribution in [-0.2, 0) is 22.7 Å². The Bertz CT molecular complexity index is 1000. The first-order valence-electron chi connectivity index (χ1n) is 10.1. The van der Waals surface area contributed by atoms with Gasteiger partial charge in [-0.15, -0.1) is 0 Å². The second-order valence-corrected chi connectivity index (χ2v) is 6.97. The van der Waals surface area contributed by atoms with Gasteiger partial charge in [0.15, 0.2) is 5.78 Å². The number of amides is 1. The van der Waals surface area contributed by atoms with Gasteiger partial charge in [0.2, 0.25) is 5.88 Å². The van der Waals surface area contributed by atoms with Gasteiger partial charge < -0.3 is 25.2 Å². The number of aromatic nitrogens is 2. The molecule has 0 spiro atoms. The topological polar surface area (TPSA) is 145 Å². The number of ether oxygens (including phenoxy) is 2. The molecule has 13 heteroatoms. The molecule has 0 unspecified atom stereocenters. The van der Waals surface area contributed by atoms with Gasteiger partial charge in [0.05, 0.1) is 12.2 Å². The van der Waals surface area contributed by atoms with Crippen LogP contribution in [0.15, 0.2) is 36.7 Å². The molecule has 1 aliphatic rings. The van der Waals surface area contributed by atoms with E-state index in [1.807, 2.05) is 18.2 Å². The lowest BCUT2D eigenvalue weighted by Gasteiger charge is -2.11. The monoisotopic (exact) mass is 484 g/mol. The molecule has 1 fully saturated rings. The van der Waals surface area contributed by atoms with E-state index in [0.717, 1.165) is 5.56 Å². The summed E-state index contributed by atoms with van der Waals surface area (Å²) in [6.07, 6.45) is -2.99. The fourth-order valence-electron chi connectivity index (χ4n) is 2.76. The summed E-state index contributed by atoms with van der Waals surface area (Å²) in [4.78, 5) is 42.4. The average molecular weight is 484 g/mol. The molecule has 0 bridgehead atoms. The van der Waals surface area contributed by atoms with Gasteiger partial charge in [-0.05, 0) is 18.1 Å². The normalized spacial score (nSPS) is 13.1. The Morgan fingerprint density at radius 2 is 1.97 bits per heavy atom. The summed E-state index contributed by atoms with van der Waals surface area (Å²) < 4.78 is 42.3. The SMILES string of the molecule is NCc1cc(OCc2cccc(C(=O)CCCN3CCOC3=O)c2)ncn1.O=C(O)C(F)(F)F. The van der Waals surface area contributed by atoms with E-state index in [1.54, 1.807) is 17.0 Å². The van der Waals surface area contributed by atoms with Gasteiger partial charge >= 0.3 is 18.2 Å². The minimum atomic E-state index is -5.08. The molecule has 3 N–H and O–H groups in total. The van der Waals surface area contributed by atoms with Crippen LogP contribution in [0.5, 0.6) is 5.88 Å². The van der Waals surface area contributed by atoms with E-state index in [4.69, 9.17) is 25.1 Å². The number of nitrogens with zero attached hydrogens (tertiary/aromatic N) is 3. The Morgan fingerprint density at radius 1 is 1.24 bits per heavy atom. The van der Waals surface area contributed by atoms with Gasteiger partial charge in [-0.2, -0.15) is 13.2 Å². The number of carboxylic acid groups (broad SMARTS) is 1. The number of ketones is 1. The molecule has 34 heavy (non-hydrogen) atoms. The van der Waals surface area contributed by atoms with E-state index < -0.39 is 12.1 Å². The summed E-state index contributed by atoms with van der Waals surface area (Å²) >= 11 is 0. The summed E-state index contributed by atoms with van der Waals surface area (Å²) in [5.74, 6) is -2.27. The Morgan fingerprint density at radius 3 is 2.59 bits per heavy atom. The summed E-state index contributed by atoms with van der Waals surface area (Å²) in [5, 5.41) is 7.12. The zero-order valence-electron chi connectivity index (χ0n) is 18.0. The molecule has 184 valence electrons. The number of alkyl halides is 3. The highest BCUT2D eigenvalue weighted by atomic mass is 19.4. The first-order chi connectivity index (χ1) is 16.1. The first-order valence-corrected chi connectivity index (χ1v) is 10.1. The van der Waals surface area contributed by atoms with Crippen molar-refractivity contribution in [2.75, 3.05) is 19.7 Å². The van der Waals surface area contributed by atoms with E-state index in [1.165, 1.54) is 6.33 Å². The highest BCUT2D eigenvalue weighted by Gasteiger charge is 2.38. The van der Waals surface area contributed by atoms with Crippen LogP contribution in [0.4, 0.5) is 18.0 Å². The molecule has 10 nitrogen and oxygen atoms in total. The van der Waals surface area contributed by atoms with Crippen molar-refractivity contribution in [1.82, 2.24) is 14.9 Å². The van der Waals surface area contributed by atoms with Crippen LogP contribution in [0, 0.1) is 0 Å². The summed E-state index contributed by atoms with van der Waals surface area (Å²) in [6.45, 7) is 2.16. The van der Waals surface area contributed by atoms with E-state index >= 15 is 0 Å². The van der Waals surface area contributed by atoms with Crippen molar-refractivity contribution in [3.05, 3.63) is 53.5 Å². The number of aliphatic carboxylic acids is 1. The largest absolute Gasteiger partial charge is 0.490 e. The maximum absolute atomic E-state index is 12.4. The van der Waals surface area contributed by atoms with Gasteiger partial charge in [0.25, 0.3) is 0 Å². The fourth-order valence-corrected chi connectivity index (χ4v) is 2.76. The maximum Gasteiger partial charge on any atom is 0.490 e. The number of benzene rings is 1. The summed E-state index contributed by atoms with van der Waals surface area (Å²) in [5.41, 5.74) is 7.76. The lowest BCUT2D eigenvalue weighted by molar-refractivity contribution is -0.192. The highest BCUT2D eigenvalue weighted by molar-refractivity contribution is 5.96. The van der Waals surface area contributed by atoms with E-state index in [-0.39, 0.29) is 11.9 Å². The van der Waals surface area contributed by atoms with Gasteiger partial charge in [-0.1, -0.05) is 18.2 Å². The van der Waals surface area contributed by atoms with Crippen molar-refractivity contribution in [2.45, 2.75) is 32.2 Å². The molecule has 2 heterocycles. The van der Waals surface area contributed by atoms with Crippen LogP contribution in [-0.4, -0.2) is 63.7 Å². The number of carboxylic acids is 1. The number of rotatable bonds is 9. The first kappa shape index (κ1) is 26.5. The second kappa shape index (κ2) is 12.5. The maximum atomic E-state index is 12.4. The number of hydrogen-bond donors (Lipinski definition) is 2. The summed E-state index contributed by atoms with van der Waals surface area (Å²) in [6, 6.07) is 9.01. The molecule has 1 aromatic carbocycles. The smallest absolute Gasteiger partial charge is 0.475 e. The standard InChI is InChI=1S/C19H22N4O4.C2HF3O2/c20-11-16-10-18(22-13-21-16)27-12-14-3-1-4-15(9-14)17(24)5-2-6-23-7-8-26-19(23)25;3-2(4,5)1(6)7/h1,3-4,9-10,13H,2,5-8,11-12,20H2;(H,6,7). The summed E-state index contributed by atoms with van der Waals surface area (Å²) in [7, 11) is 0. The van der Waals surface area contributed by atoms with Crippen LogP contribution in [0.1, 0.15) is 34.5 Å². The van der Waals surface area contributed by atoms with Crippen LogP contribution in [0.25, 0.3) is 0 Å². The molecule has 0 aliphatic carbocycles. The molecular weight excluding hydrogens is 461 g/mol. The predicted molar refractivity (Wildman–Crippen MR) is 111 cm³/mol. The number of carbonyl (C=O) groups is 3. The third kappa shape index (κ3) is 8.65. The molecule has 0 atom stereocenters. The Kier molecular flexibility index (Phi) is 9.74. The van der Waals surface area contributed by atoms with Crippen molar-refractivity contribution in [3.63, 3.8) is 0 Å².